The van der Waals surface area contributed by atoms with Crippen LogP contribution in [0.25, 0.3) is 11.0 Å². The van der Waals surface area contributed by atoms with E-state index in [1.807, 2.05) is 6.07 Å². The number of benzene rings is 1. The van der Waals surface area contributed by atoms with E-state index in [9.17, 15) is 8.78 Å². The van der Waals surface area contributed by atoms with Crippen molar-refractivity contribution in [3.63, 3.8) is 0 Å². The second kappa shape index (κ2) is 3.32. The van der Waals surface area contributed by atoms with Gasteiger partial charge < -0.3 is 15.0 Å². The number of halogens is 2. The molecular formula is C11H8F2N4O. The summed E-state index contributed by atoms with van der Waals surface area (Å²) in [6.07, 6.45) is 0. The maximum absolute atomic E-state index is 13.5. The first-order valence-electron chi connectivity index (χ1n) is 5.21. The zero-order chi connectivity index (χ0) is 12.9. The number of hydrogen-bond donors (Lipinski definition) is 1. The highest BCUT2D eigenvalue weighted by Crippen LogP contribution is 2.35. The molecule has 1 aliphatic heterocycles. The van der Waals surface area contributed by atoms with Gasteiger partial charge in [-0.05, 0) is 6.07 Å². The molecule has 0 unspecified atom stereocenters. The highest BCUT2D eigenvalue weighted by Gasteiger charge is 2.35. The molecule has 18 heavy (non-hydrogen) atoms. The third-order valence-electron chi connectivity index (χ3n) is 2.79. The zero-order valence-electron chi connectivity index (χ0n) is 9.15. The minimum atomic E-state index is -3.02. The van der Waals surface area contributed by atoms with E-state index in [0.29, 0.717) is 16.6 Å². The molecule has 0 saturated heterocycles. The first kappa shape index (κ1) is 10.8. The van der Waals surface area contributed by atoms with Gasteiger partial charge in [-0.15, -0.1) is 0 Å². The largest absolute Gasteiger partial charge is 0.485 e. The Morgan fingerprint density at radius 1 is 1.50 bits per heavy atom. The Hall–Kier alpha value is -2.36. The predicted molar refractivity (Wildman–Crippen MR) is 59.3 cm³/mol. The maximum Gasteiger partial charge on any atom is 0.298 e. The molecule has 0 bridgehead atoms. The van der Waals surface area contributed by atoms with Crippen molar-refractivity contribution in [3.8, 4) is 11.8 Å². The molecule has 0 aliphatic carbocycles. The van der Waals surface area contributed by atoms with Gasteiger partial charge in [0.1, 0.15) is 11.3 Å². The summed E-state index contributed by atoms with van der Waals surface area (Å²) in [6.45, 7) is -1.31. The lowest BCUT2D eigenvalue weighted by atomic mass is 10.2. The first-order chi connectivity index (χ1) is 8.50. The molecule has 1 aliphatic rings. The van der Waals surface area contributed by atoms with Crippen molar-refractivity contribution in [1.29, 1.82) is 5.26 Å². The summed E-state index contributed by atoms with van der Waals surface area (Å²) in [5.74, 6) is -2.81. The van der Waals surface area contributed by atoms with Gasteiger partial charge >= 0.3 is 0 Å². The Morgan fingerprint density at radius 3 is 3.00 bits per heavy atom. The molecule has 0 radical (unpaired) electrons. The van der Waals surface area contributed by atoms with Gasteiger partial charge in [-0.3, -0.25) is 0 Å². The Balaban J connectivity index is 2.34. The molecule has 92 valence electrons. The van der Waals surface area contributed by atoms with Crippen molar-refractivity contribution in [1.82, 2.24) is 9.55 Å². The van der Waals surface area contributed by atoms with Gasteiger partial charge in [-0.25, -0.2) is 13.8 Å². The molecule has 1 aromatic heterocycles. The van der Waals surface area contributed by atoms with E-state index < -0.39 is 19.1 Å². The molecular weight excluding hydrogens is 242 g/mol. The van der Waals surface area contributed by atoms with Crippen LogP contribution in [0.2, 0.25) is 0 Å². The number of rotatable bonds is 0. The lowest BCUT2D eigenvalue weighted by Gasteiger charge is -2.13. The van der Waals surface area contributed by atoms with Gasteiger partial charge in [0.25, 0.3) is 5.92 Å². The summed E-state index contributed by atoms with van der Waals surface area (Å²) in [5.41, 5.74) is 6.72. The molecule has 5 nitrogen and oxygen atoms in total. The maximum atomic E-state index is 13.5. The molecule has 0 atom stereocenters. The summed E-state index contributed by atoms with van der Waals surface area (Å²) in [6, 6.07) is 4.85. The van der Waals surface area contributed by atoms with E-state index in [1.54, 1.807) is 0 Å². The number of aromatic nitrogens is 2. The van der Waals surface area contributed by atoms with E-state index in [4.69, 9.17) is 15.7 Å². The summed E-state index contributed by atoms with van der Waals surface area (Å²) >= 11 is 0. The topological polar surface area (TPSA) is 76.9 Å². The van der Waals surface area contributed by atoms with E-state index in [1.165, 1.54) is 16.7 Å². The molecule has 0 spiro atoms. The van der Waals surface area contributed by atoms with E-state index in [-0.39, 0.29) is 11.7 Å². The number of alkyl halides is 2. The van der Waals surface area contributed by atoms with Gasteiger partial charge in [0.15, 0.2) is 6.61 Å². The normalized spacial score (nSPS) is 16.9. The summed E-state index contributed by atoms with van der Waals surface area (Å²) in [7, 11) is 0. The second-order valence-corrected chi connectivity index (χ2v) is 4.15. The molecule has 0 saturated carbocycles. The van der Waals surface area contributed by atoms with Crippen LogP contribution in [0.15, 0.2) is 12.1 Å². The molecule has 2 heterocycles. The molecule has 1 aromatic carbocycles. The number of imidazole rings is 1. The average Bonchev–Trinajstić information content (AvgIpc) is 2.53. The highest BCUT2D eigenvalue weighted by atomic mass is 19.3. The molecule has 3 rings (SSSR count). The lowest BCUT2D eigenvalue weighted by Crippen LogP contribution is -2.29. The van der Waals surface area contributed by atoms with Crippen LogP contribution in [0.5, 0.6) is 5.75 Å². The number of ether oxygens (including phenoxy) is 1. The van der Waals surface area contributed by atoms with Gasteiger partial charge in [0.05, 0.1) is 23.7 Å². The fraction of sp³-hybridized carbons (Fsp3) is 0.273. The third kappa shape index (κ3) is 1.46. The number of nitrogens with zero attached hydrogens (tertiary/aromatic N) is 3. The second-order valence-electron chi connectivity index (χ2n) is 4.15. The van der Waals surface area contributed by atoms with Crippen LogP contribution in [-0.2, 0) is 6.54 Å². The van der Waals surface area contributed by atoms with E-state index in [0.717, 1.165) is 0 Å². The zero-order valence-corrected chi connectivity index (χ0v) is 9.15. The average molecular weight is 250 g/mol. The Morgan fingerprint density at radius 2 is 2.28 bits per heavy atom. The van der Waals surface area contributed by atoms with Crippen molar-refractivity contribution < 1.29 is 13.5 Å². The summed E-state index contributed by atoms with van der Waals surface area (Å²) in [4.78, 5) is 3.98. The van der Waals surface area contributed by atoms with Gasteiger partial charge in [0, 0.05) is 6.07 Å². The number of hydrogen-bond acceptors (Lipinski definition) is 4. The highest BCUT2D eigenvalue weighted by molar-refractivity contribution is 5.86. The Kier molecular flexibility index (Phi) is 1.99. The smallest absolute Gasteiger partial charge is 0.298 e. The quantitative estimate of drug-likeness (QED) is 0.769. The number of nitrogens with two attached hydrogens (primary N) is 1. The lowest BCUT2D eigenvalue weighted by molar-refractivity contribution is -0.0492. The van der Waals surface area contributed by atoms with Crippen molar-refractivity contribution in [2.45, 2.75) is 12.5 Å². The Labute approximate surface area is 100 Å². The summed E-state index contributed by atoms with van der Waals surface area (Å²) < 4.78 is 33.3. The van der Waals surface area contributed by atoms with Crippen LogP contribution in [0.3, 0.4) is 0 Å². The van der Waals surface area contributed by atoms with Crippen LogP contribution < -0.4 is 10.5 Å². The van der Waals surface area contributed by atoms with Gasteiger partial charge in [0.2, 0.25) is 5.95 Å². The third-order valence-corrected chi connectivity index (χ3v) is 2.79. The van der Waals surface area contributed by atoms with Gasteiger partial charge in [-0.1, -0.05) is 0 Å². The summed E-state index contributed by atoms with van der Waals surface area (Å²) in [5, 5.41) is 8.86. The molecule has 0 amide bonds. The molecule has 2 N–H and O–H groups in total. The minimum absolute atomic E-state index is 0.00786. The van der Waals surface area contributed by atoms with Crippen LogP contribution in [-0.4, -0.2) is 22.1 Å². The van der Waals surface area contributed by atoms with Crippen LogP contribution >= 0.6 is 0 Å². The van der Waals surface area contributed by atoms with Crippen LogP contribution in [0.4, 0.5) is 14.7 Å². The minimum Gasteiger partial charge on any atom is -0.485 e. The predicted octanol–water partition coefficient (Wildman–Crippen LogP) is 1.52. The van der Waals surface area contributed by atoms with Crippen LogP contribution in [0, 0.1) is 11.3 Å². The fourth-order valence-corrected chi connectivity index (χ4v) is 2.04. The van der Waals surface area contributed by atoms with Crippen molar-refractivity contribution >= 4 is 17.0 Å². The monoisotopic (exact) mass is 250 g/mol. The molecule has 7 heteroatoms. The first-order valence-corrected chi connectivity index (χ1v) is 5.21. The van der Waals surface area contributed by atoms with Crippen molar-refractivity contribution in [3.05, 3.63) is 17.7 Å². The number of nitrogen functional groups attached to an aromatic ring is 1. The molecule has 2 aromatic rings. The number of nitriles is 1. The van der Waals surface area contributed by atoms with Gasteiger partial charge in [-0.2, -0.15) is 5.26 Å². The molecule has 0 fully saturated rings. The van der Waals surface area contributed by atoms with E-state index >= 15 is 0 Å². The fourth-order valence-electron chi connectivity index (χ4n) is 2.04. The SMILES string of the molecule is N#Cc1cc2c3c(c1)nc(N)n3CC(F)(F)CO2. The Bertz CT molecular complexity index is 686. The van der Waals surface area contributed by atoms with Crippen molar-refractivity contribution in [2.75, 3.05) is 12.3 Å². The van der Waals surface area contributed by atoms with E-state index in [2.05, 4.69) is 4.98 Å². The van der Waals surface area contributed by atoms with Crippen LogP contribution in [0.1, 0.15) is 5.56 Å². The standard InChI is InChI=1S/C11H8F2N4O/c12-11(13)4-17-9-7(16-10(17)15)1-6(3-14)2-8(9)18-5-11/h1-2H,4-5H2,(H2,15,16). The number of anilines is 1. The van der Waals surface area contributed by atoms with Crippen molar-refractivity contribution in [2.24, 2.45) is 0 Å².